The van der Waals surface area contributed by atoms with Crippen molar-refractivity contribution in [1.29, 1.82) is 0 Å². The maximum absolute atomic E-state index is 4.88. The minimum Gasteiger partial charge on any atom is -0.160 e. The average Bonchev–Trinajstić information content (AvgIpc) is 2.65. The Balaban J connectivity index is 1.61. The summed E-state index contributed by atoms with van der Waals surface area (Å²) in [6.45, 7) is 0. The van der Waals surface area contributed by atoms with E-state index in [1.54, 1.807) is 0 Å². The second kappa shape index (κ2) is 6.92. The predicted octanol–water partition coefficient (Wildman–Crippen LogP) is 6.85. The van der Waals surface area contributed by atoms with Crippen molar-refractivity contribution in [3.63, 3.8) is 0 Å². The van der Waals surface area contributed by atoms with Gasteiger partial charge in [0.2, 0.25) is 0 Å². The van der Waals surface area contributed by atoms with Crippen LogP contribution in [-0.2, 0) is 5.75 Å². The zero-order valence-corrected chi connectivity index (χ0v) is 14.9. The molecule has 0 aliphatic rings. The van der Waals surface area contributed by atoms with E-state index in [4.69, 9.17) is 12.6 Å². The summed E-state index contributed by atoms with van der Waals surface area (Å²) in [5.74, 6) is 0.957. The Morgan fingerprint density at radius 2 is 1.25 bits per heavy atom. The molecular formula is C22H18S2. The Labute approximate surface area is 152 Å². The third-order valence-electron chi connectivity index (χ3n) is 4.37. The number of fused-ring (bicyclic) bond motifs is 2. The Morgan fingerprint density at radius 3 is 2.04 bits per heavy atom. The Bertz CT molecular complexity index is 980. The molecule has 0 saturated carbocycles. The van der Waals surface area contributed by atoms with E-state index < -0.39 is 0 Å². The molecule has 0 aliphatic carbocycles. The summed E-state index contributed by atoms with van der Waals surface area (Å²) in [7, 11) is 0. The summed E-state index contributed by atoms with van der Waals surface area (Å²) in [5.41, 5.74) is 2.67. The van der Waals surface area contributed by atoms with Crippen LogP contribution in [0.4, 0.5) is 0 Å². The van der Waals surface area contributed by atoms with Gasteiger partial charge in [-0.25, -0.2) is 0 Å². The number of hydrogen-bond donors (Lipinski definition) is 1. The van der Waals surface area contributed by atoms with Crippen LogP contribution in [0.5, 0.6) is 0 Å². The quantitative estimate of drug-likeness (QED) is 0.311. The lowest BCUT2D eigenvalue weighted by molar-refractivity contribution is 1.39. The topological polar surface area (TPSA) is 0 Å². The molecule has 4 rings (SSSR count). The first-order chi connectivity index (χ1) is 11.8. The lowest BCUT2D eigenvalue weighted by Gasteiger charge is -2.14. The molecule has 4 aromatic carbocycles. The van der Waals surface area contributed by atoms with Crippen LogP contribution in [0.2, 0.25) is 0 Å². The van der Waals surface area contributed by atoms with Crippen molar-refractivity contribution in [2.75, 3.05) is 0 Å². The first kappa shape index (κ1) is 15.6. The van der Waals surface area contributed by atoms with Gasteiger partial charge in [-0.2, -0.15) is 12.6 Å². The first-order valence-electron chi connectivity index (χ1n) is 8.07. The summed E-state index contributed by atoms with van der Waals surface area (Å²) < 4.78 is 0.162. The van der Waals surface area contributed by atoms with Gasteiger partial charge in [0.05, 0.1) is 4.58 Å². The number of thioether (sulfide) groups is 1. The number of benzene rings is 4. The monoisotopic (exact) mass is 346 g/mol. The van der Waals surface area contributed by atoms with Gasteiger partial charge < -0.3 is 0 Å². The molecule has 0 fully saturated rings. The molecule has 0 aromatic heterocycles. The van der Waals surface area contributed by atoms with Crippen molar-refractivity contribution < 1.29 is 0 Å². The van der Waals surface area contributed by atoms with Crippen molar-refractivity contribution in [2.45, 2.75) is 10.3 Å². The molecule has 1 unspecified atom stereocenters. The van der Waals surface area contributed by atoms with Gasteiger partial charge >= 0.3 is 0 Å². The lowest BCUT2D eigenvalue weighted by atomic mass is 10.1. The molecule has 0 spiro atoms. The van der Waals surface area contributed by atoms with E-state index in [0.717, 1.165) is 5.75 Å². The molecule has 0 amide bonds. The molecular weight excluding hydrogens is 328 g/mol. The first-order valence-corrected chi connectivity index (χ1v) is 9.63. The Kier molecular flexibility index (Phi) is 4.50. The summed E-state index contributed by atoms with van der Waals surface area (Å²) >= 11 is 6.76. The van der Waals surface area contributed by atoms with Gasteiger partial charge in [0, 0.05) is 5.75 Å². The lowest BCUT2D eigenvalue weighted by Crippen LogP contribution is -1.90. The molecule has 1 atom stereocenters. The highest BCUT2D eigenvalue weighted by molar-refractivity contribution is 8.09. The van der Waals surface area contributed by atoms with Crippen LogP contribution in [0.15, 0.2) is 84.9 Å². The second-order valence-corrected chi connectivity index (χ2v) is 7.83. The molecule has 24 heavy (non-hydrogen) atoms. The fourth-order valence-electron chi connectivity index (χ4n) is 3.14. The highest BCUT2D eigenvalue weighted by Crippen LogP contribution is 2.39. The number of hydrogen-bond acceptors (Lipinski definition) is 2. The minimum atomic E-state index is 0.162. The zero-order valence-electron chi connectivity index (χ0n) is 13.2. The third-order valence-corrected chi connectivity index (χ3v) is 6.14. The van der Waals surface area contributed by atoms with E-state index in [0.29, 0.717) is 0 Å². The van der Waals surface area contributed by atoms with Crippen molar-refractivity contribution in [1.82, 2.24) is 0 Å². The molecule has 0 nitrogen and oxygen atoms in total. The zero-order chi connectivity index (χ0) is 16.4. The number of rotatable bonds is 4. The van der Waals surface area contributed by atoms with Crippen LogP contribution in [0.1, 0.15) is 15.7 Å². The van der Waals surface area contributed by atoms with Crippen molar-refractivity contribution >= 4 is 45.9 Å². The van der Waals surface area contributed by atoms with Gasteiger partial charge in [-0.05, 0) is 32.7 Å². The molecule has 118 valence electrons. The summed E-state index contributed by atoms with van der Waals surface area (Å²) in [6, 6.07) is 30.1. The molecule has 2 heteroatoms. The molecule has 0 radical (unpaired) electrons. The summed E-state index contributed by atoms with van der Waals surface area (Å²) in [5, 5.41) is 5.22. The highest BCUT2D eigenvalue weighted by Gasteiger charge is 2.11. The van der Waals surface area contributed by atoms with E-state index in [9.17, 15) is 0 Å². The van der Waals surface area contributed by atoms with Crippen LogP contribution < -0.4 is 0 Å². The van der Waals surface area contributed by atoms with Crippen LogP contribution >= 0.6 is 24.4 Å². The molecule has 0 N–H and O–H groups in total. The molecule has 0 aliphatic heterocycles. The van der Waals surface area contributed by atoms with Gasteiger partial charge in [0.25, 0.3) is 0 Å². The van der Waals surface area contributed by atoms with Crippen LogP contribution in [0.25, 0.3) is 21.5 Å². The maximum Gasteiger partial charge on any atom is 0.0730 e. The van der Waals surface area contributed by atoms with Gasteiger partial charge in [-0.3, -0.25) is 0 Å². The Hall–Kier alpha value is -1.90. The van der Waals surface area contributed by atoms with E-state index in [1.165, 1.54) is 32.7 Å². The molecule has 4 aromatic rings. The van der Waals surface area contributed by atoms with Crippen molar-refractivity contribution in [3.05, 3.63) is 96.1 Å². The molecule has 0 bridgehead atoms. The highest BCUT2D eigenvalue weighted by atomic mass is 32.2. The van der Waals surface area contributed by atoms with E-state index in [2.05, 4.69) is 84.9 Å². The van der Waals surface area contributed by atoms with Gasteiger partial charge in [0.15, 0.2) is 0 Å². The average molecular weight is 347 g/mol. The van der Waals surface area contributed by atoms with Gasteiger partial charge in [0.1, 0.15) is 0 Å². The molecule has 0 heterocycles. The van der Waals surface area contributed by atoms with Gasteiger partial charge in [-0.15, -0.1) is 11.8 Å². The van der Waals surface area contributed by atoms with Crippen molar-refractivity contribution in [2.24, 2.45) is 0 Å². The van der Waals surface area contributed by atoms with Crippen LogP contribution in [0, 0.1) is 0 Å². The molecule has 0 saturated heterocycles. The standard InChI is InChI=1S/C22H18S2/c23-22(21-14-6-10-17-8-2-4-13-20(17)21)24-15-18-11-5-9-16-7-1-3-12-19(16)18/h1-14,22-23H,15H2. The number of thiol groups is 1. The normalized spacial score (nSPS) is 12.5. The Morgan fingerprint density at radius 1 is 0.667 bits per heavy atom. The maximum atomic E-state index is 4.88. The fourth-order valence-corrected chi connectivity index (χ4v) is 4.57. The smallest absolute Gasteiger partial charge is 0.0730 e. The predicted molar refractivity (Wildman–Crippen MR) is 111 cm³/mol. The van der Waals surface area contributed by atoms with E-state index in [1.807, 2.05) is 11.8 Å². The van der Waals surface area contributed by atoms with Crippen molar-refractivity contribution in [3.8, 4) is 0 Å². The van der Waals surface area contributed by atoms with Crippen LogP contribution in [0.3, 0.4) is 0 Å². The van der Waals surface area contributed by atoms with Crippen LogP contribution in [-0.4, -0.2) is 0 Å². The SMILES string of the molecule is SC(SCc1cccc2ccccc12)c1cccc2ccccc12. The summed E-state index contributed by atoms with van der Waals surface area (Å²) in [6.07, 6.45) is 0. The van der Waals surface area contributed by atoms with E-state index >= 15 is 0 Å². The van der Waals surface area contributed by atoms with E-state index in [-0.39, 0.29) is 4.58 Å². The third kappa shape index (κ3) is 3.04. The van der Waals surface area contributed by atoms with Gasteiger partial charge in [-0.1, -0.05) is 84.9 Å². The largest absolute Gasteiger partial charge is 0.160 e. The second-order valence-electron chi connectivity index (χ2n) is 5.87. The fraction of sp³-hybridized carbons (Fsp3) is 0.0909. The minimum absolute atomic E-state index is 0.162. The summed E-state index contributed by atoms with van der Waals surface area (Å²) in [4.78, 5) is 0.